The number of rotatable bonds is 6. The van der Waals surface area contributed by atoms with E-state index in [4.69, 9.17) is 13.6 Å². The molecule has 0 bridgehead atoms. The maximum absolute atomic E-state index is 12.7. The first kappa shape index (κ1) is 22.4. The van der Waals surface area contributed by atoms with Crippen molar-refractivity contribution in [2.45, 2.75) is 50.0 Å². The number of aromatic nitrogens is 1. The van der Waals surface area contributed by atoms with Crippen LogP contribution in [0.15, 0.2) is 51.3 Å². The quantitative estimate of drug-likeness (QED) is 0.302. The summed E-state index contributed by atoms with van der Waals surface area (Å²) in [4.78, 5) is 24.8. The Hall–Kier alpha value is -4.03. The van der Waals surface area contributed by atoms with Crippen molar-refractivity contribution in [2.75, 3.05) is 5.32 Å². The number of hydrogen-bond donors (Lipinski definition) is 2. The summed E-state index contributed by atoms with van der Waals surface area (Å²) in [5.41, 5.74) is 1.38. The smallest absolute Gasteiger partial charge is 0.412 e. The van der Waals surface area contributed by atoms with Crippen molar-refractivity contribution in [2.24, 2.45) is 0 Å². The highest BCUT2D eigenvalue weighted by atomic mass is 32.1. The van der Waals surface area contributed by atoms with E-state index < -0.39 is 23.6 Å². The lowest BCUT2D eigenvalue weighted by atomic mass is 10.0. The number of carbonyl (C=O) groups excluding carboxylic acids is 1. The van der Waals surface area contributed by atoms with Crippen molar-refractivity contribution in [1.82, 2.24) is 4.37 Å². The Morgan fingerprint density at radius 2 is 1.97 bits per heavy atom. The van der Waals surface area contributed by atoms with Crippen LogP contribution < -0.4 is 5.32 Å². The number of fused-ring (bicyclic) bond motifs is 1. The van der Waals surface area contributed by atoms with E-state index in [-0.39, 0.29) is 5.78 Å². The Morgan fingerprint density at radius 3 is 2.64 bits per heavy atom. The number of carbonyl (C=O) groups is 2. The summed E-state index contributed by atoms with van der Waals surface area (Å²) in [6, 6.07) is 13.0. The molecule has 9 heteroatoms. The van der Waals surface area contributed by atoms with E-state index in [1.165, 1.54) is 11.5 Å². The number of anilines is 1. The molecule has 3 heterocycles. The van der Waals surface area contributed by atoms with Gasteiger partial charge in [-0.25, -0.2) is 4.79 Å². The van der Waals surface area contributed by atoms with Crippen molar-refractivity contribution in [1.29, 1.82) is 0 Å². The number of amides is 1. The second-order valence-corrected chi connectivity index (χ2v) is 10.0. The maximum atomic E-state index is 12.7. The molecule has 1 unspecified atom stereocenters. The molecule has 1 atom stereocenters. The molecular formula is C27H22N2O6S. The fourth-order valence-corrected chi connectivity index (χ4v) is 4.95. The molecule has 4 aromatic rings. The van der Waals surface area contributed by atoms with Gasteiger partial charge in [-0.2, -0.15) is 4.37 Å². The van der Waals surface area contributed by atoms with Gasteiger partial charge in [0.05, 0.1) is 16.8 Å². The van der Waals surface area contributed by atoms with Gasteiger partial charge >= 0.3 is 12.1 Å². The van der Waals surface area contributed by atoms with Crippen LogP contribution in [0.1, 0.15) is 72.3 Å². The van der Waals surface area contributed by atoms with Crippen LogP contribution in [0.3, 0.4) is 0 Å². The zero-order valence-electron chi connectivity index (χ0n) is 19.4. The third-order valence-electron chi connectivity index (χ3n) is 6.61. The van der Waals surface area contributed by atoms with Crippen molar-refractivity contribution in [3.63, 3.8) is 0 Å². The summed E-state index contributed by atoms with van der Waals surface area (Å²) in [5, 5.41) is 13.0. The Kier molecular flexibility index (Phi) is 5.34. The molecule has 2 N–H and O–H groups in total. The van der Waals surface area contributed by atoms with Crippen LogP contribution in [0.4, 0.5) is 10.5 Å². The predicted molar refractivity (Wildman–Crippen MR) is 132 cm³/mol. The Bertz CT molecular complexity index is 1500. The molecule has 2 saturated carbocycles. The zero-order valence-corrected chi connectivity index (χ0v) is 20.2. The van der Waals surface area contributed by atoms with E-state index in [0.717, 1.165) is 24.1 Å². The minimum Gasteiger partial charge on any atom is -0.480 e. The second kappa shape index (κ2) is 8.57. The molecule has 6 rings (SSSR count). The molecule has 0 radical (unpaired) electrons. The zero-order chi connectivity index (χ0) is 24.9. The number of hydrogen-bond acceptors (Lipinski definition) is 7. The normalized spacial score (nSPS) is 16.7. The van der Waals surface area contributed by atoms with Crippen molar-refractivity contribution in [3.05, 3.63) is 70.1 Å². The van der Waals surface area contributed by atoms with Gasteiger partial charge in [0, 0.05) is 12.0 Å². The molecule has 8 nitrogen and oxygen atoms in total. The minimum atomic E-state index is -0.928. The number of furan rings is 2. The molecule has 1 amide bonds. The first-order valence-corrected chi connectivity index (χ1v) is 12.5. The lowest BCUT2D eigenvalue weighted by Crippen LogP contribution is -2.18. The highest BCUT2D eigenvalue weighted by molar-refractivity contribution is 7.07. The molecule has 0 spiro atoms. The van der Waals surface area contributed by atoms with Gasteiger partial charge in [-0.05, 0) is 67.6 Å². The van der Waals surface area contributed by atoms with Crippen molar-refractivity contribution in [3.8, 4) is 11.8 Å². The van der Waals surface area contributed by atoms with Crippen molar-refractivity contribution < 1.29 is 28.3 Å². The maximum Gasteiger partial charge on any atom is 0.412 e. The third kappa shape index (κ3) is 4.14. The summed E-state index contributed by atoms with van der Waals surface area (Å²) >= 11 is 1.22. The van der Waals surface area contributed by atoms with E-state index in [9.17, 15) is 14.7 Å². The molecule has 0 aliphatic heterocycles. The molecule has 182 valence electrons. The molecule has 0 saturated heterocycles. The molecule has 2 fully saturated rings. The van der Waals surface area contributed by atoms with E-state index in [0.29, 0.717) is 46.2 Å². The summed E-state index contributed by atoms with van der Waals surface area (Å²) < 4.78 is 21.5. The third-order valence-corrected chi connectivity index (χ3v) is 7.38. The number of aliphatic carboxylic acids is 1. The number of carboxylic acids is 1. The largest absolute Gasteiger partial charge is 0.480 e. The van der Waals surface area contributed by atoms with Gasteiger partial charge in [-0.1, -0.05) is 30.3 Å². The Labute approximate surface area is 210 Å². The molecule has 2 aliphatic carbocycles. The number of ether oxygens (including phenoxy) is 1. The standard InChI is InChI=1S/C27H22N2O6S/c1-15(16-5-3-2-4-6-16)33-26(32)28-23-20(36-29-22(23)17-7-8-17)10-9-19-13-18-14-21(35-24(18)34-19)27(11-12-27)25(30)31/h2-6,13-15,17H,7-8,11-12H2,1H3,(H,28,32)(H,30,31). The lowest BCUT2D eigenvalue weighted by Gasteiger charge is -2.14. The molecular weight excluding hydrogens is 480 g/mol. The van der Waals surface area contributed by atoms with Crippen molar-refractivity contribution >= 4 is 40.4 Å². The van der Waals surface area contributed by atoms with Crippen LogP contribution in [-0.2, 0) is 14.9 Å². The van der Waals surface area contributed by atoms with E-state index >= 15 is 0 Å². The van der Waals surface area contributed by atoms with Gasteiger partial charge < -0.3 is 18.7 Å². The average molecular weight is 503 g/mol. The van der Waals surface area contributed by atoms with Crippen LogP contribution in [-0.4, -0.2) is 21.5 Å². The first-order chi connectivity index (χ1) is 17.4. The first-order valence-electron chi connectivity index (χ1n) is 11.7. The summed E-state index contributed by atoms with van der Waals surface area (Å²) in [6.45, 7) is 1.82. The summed E-state index contributed by atoms with van der Waals surface area (Å²) in [5.74, 6) is 6.50. The number of nitrogens with one attached hydrogen (secondary N) is 1. The van der Waals surface area contributed by atoms with Gasteiger partial charge in [0.1, 0.15) is 22.2 Å². The van der Waals surface area contributed by atoms with Crippen LogP contribution in [0.25, 0.3) is 11.2 Å². The van der Waals surface area contributed by atoms with Gasteiger partial charge in [0.25, 0.3) is 5.78 Å². The van der Waals surface area contributed by atoms with Crippen LogP contribution >= 0.6 is 11.5 Å². The number of benzene rings is 1. The second-order valence-electron chi connectivity index (χ2n) is 9.23. The fraction of sp³-hybridized carbons (Fsp3) is 0.296. The molecule has 36 heavy (non-hydrogen) atoms. The average Bonchev–Trinajstić information content (AvgIpc) is 3.76. The van der Waals surface area contributed by atoms with Gasteiger partial charge in [0.2, 0.25) is 0 Å². The van der Waals surface area contributed by atoms with E-state index in [1.807, 2.05) is 37.3 Å². The fourth-order valence-electron chi connectivity index (χ4n) is 4.17. The summed E-state index contributed by atoms with van der Waals surface area (Å²) in [7, 11) is 0. The lowest BCUT2D eigenvalue weighted by molar-refractivity contribution is -0.140. The van der Waals surface area contributed by atoms with Crippen LogP contribution in [0.2, 0.25) is 0 Å². The Balaban J connectivity index is 1.21. The van der Waals surface area contributed by atoms with Gasteiger partial charge in [-0.15, -0.1) is 0 Å². The van der Waals surface area contributed by atoms with Gasteiger partial charge in [-0.3, -0.25) is 10.1 Å². The Morgan fingerprint density at radius 1 is 1.19 bits per heavy atom. The minimum absolute atomic E-state index is 0.252. The number of nitrogens with zero attached hydrogens (tertiary/aromatic N) is 1. The molecule has 1 aromatic carbocycles. The molecule has 2 aliphatic rings. The van der Waals surface area contributed by atoms with E-state index in [1.54, 1.807) is 12.1 Å². The SMILES string of the molecule is CC(OC(=O)Nc1c(C2CC2)nsc1C#Cc1cc2cc(C3(C(=O)O)CC3)oc2o1)c1ccccc1. The number of carboxylic acid groups (broad SMARTS) is 1. The monoisotopic (exact) mass is 502 g/mol. The van der Waals surface area contributed by atoms with Gasteiger partial charge in [0.15, 0.2) is 5.76 Å². The predicted octanol–water partition coefficient (Wildman–Crippen LogP) is 6.19. The molecule has 3 aromatic heterocycles. The van der Waals surface area contributed by atoms with E-state index in [2.05, 4.69) is 21.5 Å². The summed E-state index contributed by atoms with van der Waals surface area (Å²) in [6.07, 6.45) is 2.19. The topological polar surface area (TPSA) is 115 Å². The van der Waals surface area contributed by atoms with Crippen LogP contribution in [0.5, 0.6) is 0 Å². The highest BCUT2D eigenvalue weighted by Gasteiger charge is 2.54. The van der Waals surface area contributed by atoms with Crippen LogP contribution in [0, 0.1) is 11.8 Å². The highest BCUT2D eigenvalue weighted by Crippen LogP contribution is 2.50.